The molecule has 4 heteroatoms. The van der Waals surface area contributed by atoms with Gasteiger partial charge in [0.2, 0.25) is 0 Å². The van der Waals surface area contributed by atoms with Gasteiger partial charge >= 0.3 is 6.03 Å². The lowest BCUT2D eigenvalue weighted by molar-refractivity contribution is 0.262. The van der Waals surface area contributed by atoms with Crippen LogP contribution >= 0.6 is 0 Å². The predicted octanol–water partition coefficient (Wildman–Crippen LogP) is 6.10. The van der Waals surface area contributed by atoms with Crippen LogP contribution in [-0.4, -0.2) is 11.0 Å². The van der Waals surface area contributed by atoms with Crippen LogP contribution in [0.3, 0.4) is 0 Å². The Morgan fingerprint density at radius 1 is 0.852 bits per heavy atom. The molecule has 0 aliphatic heterocycles. The Balaban J connectivity index is 1.53. The first-order valence-corrected chi connectivity index (χ1v) is 8.92. The van der Waals surface area contributed by atoms with E-state index in [1.54, 1.807) is 0 Å². The Morgan fingerprint density at radius 2 is 1.70 bits per heavy atom. The molecule has 27 heavy (non-hydrogen) atoms. The molecule has 4 aromatic rings. The highest BCUT2D eigenvalue weighted by atomic mass is 16.2. The molecule has 134 valence electrons. The number of rotatable bonds is 3. The van der Waals surface area contributed by atoms with Crippen molar-refractivity contribution >= 4 is 28.3 Å². The van der Waals surface area contributed by atoms with Gasteiger partial charge in [-0.3, -0.25) is 0 Å². The molecule has 0 unspecified atom stereocenters. The van der Waals surface area contributed by atoms with Gasteiger partial charge in [0.05, 0.1) is 0 Å². The number of nitrogens with one attached hydrogen (secondary N) is 3. The van der Waals surface area contributed by atoms with Crippen LogP contribution in [-0.2, 0) is 0 Å². The van der Waals surface area contributed by atoms with E-state index in [9.17, 15) is 4.79 Å². The highest BCUT2D eigenvalue weighted by Crippen LogP contribution is 2.26. The number of aromatic amines is 1. The molecule has 1 aromatic heterocycles. The van der Waals surface area contributed by atoms with Crippen molar-refractivity contribution in [2.24, 2.45) is 0 Å². The monoisotopic (exact) mass is 355 g/mol. The number of hydrogen-bond acceptors (Lipinski definition) is 1. The van der Waals surface area contributed by atoms with Crippen molar-refractivity contribution in [1.29, 1.82) is 0 Å². The second kappa shape index (κ2) is 7.00. The van der Waals surface area contributed by atoms with Crippen molar-refractivity contribution in [3.05, 3.63) is 83.9 Å². The number of aryl methyl sites for hydroxylation is 2. The van der Waals surface area contributed by atoms with Crippen LogP contribution in [0.1, 0.15) is 11.1 Å². The summed E-state index contributed by atoms with van der Waals surface area (Å²) in [6.07, 6.45) is 0. The summed E-state index contributed by atoms with van der Waals surface area (Å²) in [5, 5.41) is 6.99. The first-order chi connectivity index (χ1) is 13.1. The molecule has 4 rings (SSSR count). The first-order valence-electron chi connectivity index (χ1n) is 8.92. The van der Waals surface area contributed by atoms with Gasteiger partial charge in [0.1, 0.15) is 0 Å². The number of fused-ring (bicyclic) bond motifs is 1. The van der Waals surface area contributed by atoms with Crippen molar-refractivity contribution in [2.75, 3.05) is 10.6 Å². The minimum atomic E-state index is -0.254. The molecule has 0 radical (unpaired) electrons. The highest BCUT2D eigenvalue weighted by molar-refractivity contribution is 6.00. The Kier molecular flexibility index (Phi) is 4.38. The molecule has 2 amide bonds. The molecule has 0 bridgehead atoms. The van der Waals surface area contributed by atoms with E-state index in [1.165, 1.54) is 10.9 Å². The summed E-state index contributed by atoms with van der Waals surface area (Å²) in [6, 6.07) is 23.8. The smallest absolute Gasteiger partial charge is 0.323 e. The molecule has 0 atom stereocenters. The standard InChI is InChI=1S/C23H21N3O/c1-15-10-11-20(16(2)12-15)26-23(27)24-19-8-5-7-17(13-19)22-14-18-6-3-4-9-21(18)25-22/h3-14,25H,1-2H3,(H2,24,26,27). The molecular weight excluding hydrogens is 334 g/mol. The third-order valence-electron chi connectivity index (χ3n) is 4.59. The lowest BCUT2D eigenvalue weighted by Crippen LogP contribution is -2.20. The molecule has 3 aromatic carbocycles. The minimum absolute atomic E-state index is 0.254. The number of amides is 2. The van der Waals surface area contributed by atoms with Crippen molar-refractivity contribution in [3.8, 4) is 11.3 Å². The Morgan fingerprint density at radius 3 is 2.52 bits per heavy atom. The van der Waals surface area contributed by atoms with E-state index in [1.807, 2.05) is 68.4 Å². The Hall–Kier alpha value is -3.53. The van der Waals surface area contributed by atoms with Gasteiger partial charge in [0.15, 0.2) is 0 Å². The summed E-state index contributed by atoms with van der Waals surface area (Å²) in [4.78, 5) is 15.8. The zero-order valence-corrected chi connectivity index (χ0v) is 15.3. The number of H-pyrrole nitrogens is 1. The molecule has 3 N–H and O–H groups in total. The molecule has 0 saturated heterocycles. The third-order valence-corrected chi connectivity index (χ3v) is 4.59. The van der Waals surface area contributed by atoms with Gasteiger partial charge in [-0.05, 0) is 49.7 Å². The van der Waals surface area contributed by atoms with Gasteiger partial charge in [-0.2, -0.15) is 0 Å². The van der Waals surface area contributed by atoms with E-state index in [-0.39, 0.29) is 6.03 Å². The summed E-state index contributed by atoms with van der Waals surface area (Å²) >= 11 is 0. The van der Waals surface area contributed by atoms with Gasteiger partial charge in [-0.15, -0.1) is 0 Å². The molecule has 1 heterocycles. The molecule has 0 aliphatic carbocycles. The number of anilines is 2. The highest BCUT2D eigenvalue weighted by Gasteiger charge is 2.07. The second-order valence-electron chi connectivity index (χ2n) is 6.75. The quantitative estimate of drug-likeness (QED) is 0.409. The Labute approximate surface area is 158 Å². The van der Waals surface area contributed by atoms with Crippen LogP contribution in [0, 0.1) is 13.8 Å². The van der Waals surface area contributed by atoms with Gasteiger partial charge < -0.3 is 15.6 Å². The predicted molar refractivity (Wildman–Crippen MR) is 112 cm³/mol. The van der Waals surface area contributed by atoms with E-state index >= 15 is 0 Å². The summed E-state index contributed by atoms with van der Waals surface area (Å²) < 4.78 is 0. The number of urea groups is 1. The second-order valence-corrected chi connectivity index (χ2v) is 6.75. The van der Waals surface area contributed by atoms with Crippen LogP contribution in [0.2, 0.25) is 0 Å². The average molecular weight is 355 g/mol. The molecule has 0 aliphatic rings. The maximum atomic E-state index is 12.4. The fraction of sp³-hybridized carbons (Fsp3) is 0.0870. The van der Waals surface area contributed by atoms with Crippen LogP contribution in [0.4, 0.5) is 16.2 Å². The normalized spacial score (nSPS) is 10.7. The fourth-order valence-electron chi connectivity index (χ4n) is 3.23. The van der Waals surface area contributed by atoms with E-state index in [0.717, 1.165) is 33.7 Å². The van der Waals surface area contributed by atoms with E-state index in [2.05, 4.69) is 33.8 Å². The summed E-state index contributed by atoms with van der Waals surface area (Å²) in [7, 11) is 0. The van der Waals surface area contributed by atoms with Crippen LogP contribution in [0.15, 0.2) is 72.8 Å². The number of aromatic nitrogens is 1. The SMILES string of the molecule is Cc1ccc(NC(=O)Nc2cccc(-c3cc4ccccc4[nH]3)c2)c(C)c1. The van der Waals surface area contributed by atoms with E-state index < -0.39 is 0 Å². The topological polar surface area (TPSA) is 56.9 Å². The molecular formula is C23H21N3O. The van der Waals surface area contributed by atoms with Crippen molar-refractivity contribution in [3.63, 3.8) is 0 Å². The maximum Gasteiger partial charge on any atom is 0.323 e. The number of carbonyl (C=O) groups excluding carboxylic acids is 1. The molecule has 4 nitrogen and oxygen atoms in total. The third kappa shape index (κ3) is 3.70. The van der Waals surface area contributed by atoms with Crippen molar-refractivity contribution in [1.82, 2.24) is 4.98 Å². The van der Waals surface area contributed by atoms with E-state index in [0.29, 0.717) is 0 Å². The van der Waals surface area contributed by atoms with Crippen LogP contribution in [0.25, 0.3) is 22.2 Å². The van der Waals surface area contributed by atoms with Gasteiger partial charge in [-0.25, -0.2) is 4.79 Å². The lowest BCUT2D eigenvalue weighted by Gasteiger charge is -2.11. The average Bonchev–Trinajstić information content (AvgIpc) is 3.08. The number of benzene rings is 3. The summed E-state index contributed by atoms with van der Waals surface area (Å²) in [6.45, 7) is 4.02. The van der Waals surface area contributed by atoms with Crippen LogP contribution < -0.4 is 10.6 Å². The largest absolute Gasteiger partial charge is 0.355 e. The van der Waals surface area contributed by atoms with Crippen LogP contribution in [0.5, 0.6) is 0 Å². The fourth-order valence-corrected chi connectivity index (χ4v) is 3.23. The Bertz CT molecular complexity index is 1090. The van der Waals surface area contributed by atoms with E-state index in [4.69, 9.17) is 0 Å². The summed E-state index contributed by atoms with van der Waals surface area (Å²) in [5.41, 5.74) is 6.91. The van der Waals surface area contributed by atoms with Gasteiger partial charge in [0.25, 0.3) is 0 Å². The zero-order chi connectivity index (χ0) is 18.8. The van der Waals surface area contributed by atoms with Crippen molar-refractivity contribution in [2.45, 2.75) is 13.8 Å². The number of hydrogen-bond donors (Lipinski definition) is 3. The van der Waals surface area contributed by atoms with Gasteiger partial charge in [-0.1, -0.05) is 48.0 Å². The minimum Gasteiger partial charge on any atom is -0.355 e. The molecule has 0 spiro atoms. The molecule has 0 fully saturated rings. The lowest BCUT2D eigenvalue weighted by atomic mass is 10.1. The first kappa shape index (κ1) is 16.9. The number of carbonyl (C=O) groups is 1. The zero-order valence-electron chi connectivity index (χ0n) is 15.3. The van der Waals surface area contributed by atoms with Crippen molar-refractivity contribution < 1.29 is 4.79 Å². The number of para-hydroxylation sites is 1. The van der Waals surface area contributed by atoms with Gasteiger partial charge in [0, 0.05) is 33.5 Å². The molecule has 0 saturated carbocycles. The maximum absolute atomic E-state index is 12.4. The summed E-state index contributed by atoms with van der Waals surface area (Å²) in [5.74, 6) is 0.